The molecule has 116 valence electrons. The molecule has 1 fully saturated rings. The van der Waals surface area contributed by atoms with Crippen LogP contribution >= 0.6 is 0 Å². The van der Waals surface area contributed by atoms with Gasteiger partial charge in [-0.25, -0.2) is 17.6 Å². The van der Waals surface area contributed by atoms with Crippen LogP contribution in [0.15, 0.2) is 23.1 Å². The van der Waals surface area contributed by atoms with Crippen LogP contribution in [0.3, 0.4) is 0 Å². The third-order valence-electron chi connectivity index (χ3n) is 3.23. The minimum atomic E-state index is -4.08. The Morgan fingerprint density at radius 3 is 2.67 bits per heavy atom. The van der Waals surface area contributed by atoms with Gasteiger partial charge in [0, 0.05) is 19.7 Å². The normalized spacial score (nSPS) is 15.4. The van der Waals surface area contributed by atoms with Gasteiger partial charge >= 0.3 is 5.97 Å². The van der Waals surface area contributed by atoms with Crippen LogP contribution in [-0.2, 0) is 14.8 Å². The summed E-state index contributed by atoms with van der Waals surface area (Å²) >= 11 is 0. The van der Waals surface area contributed by atoms with E-state index in [4.69, 9.17) is 9.84 Å². The molecule has 1 N–H and O–H groups in total. The summed E-state index contributed by atoms with van der Waals surface area (Å²) in [6.45, 7) is 0.298. The molecule has 6 nitrogen and oxygen atoms in total. The fourth-order valence-electron chi connectivity index (χ4n) is 2.06. The van der Waals surface area contributed by atoms with E-state index < -0.39 is 32.3 Å². The Kier molecular flexibility index (Phi) is 4.60. The number of hydrogen-bond donors (Lipinski definition) is 1. The third-order valence-corrected chi connectivity index (χ3v) is 5.22. The first kappa shape index (κ1) is 15.9. The second-order valence-electron chi connectivity index (χ2n) is 4.79. The molecule has 0 heterocycles. The average Bonchev–Trinajstić information content (AvgIpc) is 3.23. The average molecular weight is 317 g/mol. The summed E-state index contributed by atoms with van der Waals surface area (Å²) in [6.07, 6.45) is 1.42. The Bertz CT molecular complexity index is 642. The summed E-state index contributed by atoms with van der Waals surface area (Å²) < 4.78 is 44.7. The first-order chi connectivity index (χ1) is 9.87. The van der Waals surface area contributed by atoms with Crippen LogP contribution in [0.4, 0.5) is 4.39 Å². The lowest BCUT2D eigenvalue weighted by Gasteiger charge is -2.22. The van der Waals surface area contributed by atoms with Gasteiger partial charge in [0.05, 0.1) is 17.1 Å². The van der Waals surface area contributed by atoms with E-state index in [1.165, 1.54) is 11.4 Å². The van der Waals surface area contributed by atoms with E-state index in [1.54, 1.807) is 0 Å². The number of ether oxygens (including phenoxy) is 1. The molecule has 0 spiro atoms. The first-order valence-electron chi connectivity index (χ1n) is 6.41. The SMILES string of the molecule is COCCN(C1CC1)S(=O)(=O)c1cc(F)ccc1C(=O)O. The number of methoxy groups -OCH3 is 1. The Balaban J connectivity index is 2.46. The smallest absolute Gasteiger partial charge is 0.337 e. The predicted octanol–water partition coefficient (Wildman–Crippen LogP) is 1.32. The molecule has 0 aromatic heterocycles. The molecule has 0 saturated heterocycles. The van der Waals surface area contributed by atoms with Gasteiger partial charge in [-0.3, -0.25) is 0 Å². The monoisotopic (exact) mass is 317 g/mol. The Morgan fingerprint density at radius 1 is 1.48 bits per heavy atom. The second kappa shape index (κ2) is 6.08. The van der Waals surface area contributed by atoms with E-state index in [1.807, 2.05) is 0 Å². The van der Waals surface area contributed by atoms with E-state index in [0.717, 1.165) is 18.2 Å². The number of benzene rings is 1. The molecule has 0 aliphatic heterocycles. The number of carboxylic acid groups (broad SMARTS) is 1. The molecule has 0 unspecified atom stereocenters. The lowest BCUT2D eigenvalue weighted by atomic mass is 10.2. The summed E-state index contributed by atoms with van der Waals surface area (Å²) in [7, 11) is -2.63. The van der Waals surface area contributed by atoms with Gasteiger partial charge in [-0.1, -0.05) is 0 Å². The lowest BCUT2D eigenvalue weighted by Crippen LogP contribution is -2.36. The van der Waals surface area contributed by atoms with Crippen LogP contribution in [0.5, 0.6) is 0 Å². The highest BCUT2D eigenvalue weighted by Gasteiger charge is 2.39. The standard InChI is InChI=1S/C13H16FNO5S/c1-20-7-6-15(10-3-4-10)21(18,19)12-8-9(14)2-5-11(12)13(16)17/h2,5,8,10H,3-4,6-7H2,1H3,(H,16,17). The highest BCUT2D eigenvalue weighted by atomic mass is 32.2. The molecule has 0 radical (unpaired) electrons. The van der Waals surface area contributed by atoms with Gasteiger partial charge in [0.15, 0.2) is 0 Å². The van der Waals surface area contributed by atoms with Crippen LogP contribution in [0.2, 0.25) is 0 Å². The number of nitrogens with zero attached hydrogens (tertiary/aromatic N) is 1. The maximum Gasteiger partial charge on any atom is 0.337 e. The van der Waals surface area contributed by atoms with Crippen molar-refractivity contribution in [2.45, 2.75) is 23.8 Å². The zero-order valence-corrected chi connectivity index (χ0v) is 12.3. The maximum atomic E-state index is 13.4. The molecule has 1 aromatic rings. The van der Waals surface area contributed by atoms with Crippen molar-refractivity contribution in [3.8, 4) is 0 Å². The molecular weight excluding hydrogens is 301 g/mol. The van der Waals surface area contributed by atoms with Crippen molar-refractivity contribution in [1.29, 1.82) is 0 Å². The van der Waals surface area contributed by atoms with E-state index in [9.17, 15) is 17.6 Å². The molecule has 1 saturated carbocycles. The second-order valence-corrected chi connectivity index (χ2v) is 6.64. The van der Waals surface area contributed by atoms with Gasteiger partial charge in [0.25, 0.3) is 0 Å². The minimum Gasteiger partial charge on any atom is -0.478 e. The Hall–Kier alpha value is -1.51. The largest absolute Gasteiger partial charge is 0.478 e. The van der Waals surface area contributed by atoms with Gasteiger partial charge in [0.1, 0.15) is 5.82 Å². The van der Waals surface area contributed by atoms with Crippen LogP contribution in [0, 0.1) is 5.82 Å². The minimum absolute atomic E-state index is 0.110. The summed E-state index contributed by atoms with van der Waals surface area (Å²) in [4.78, 5) is 10.7. The number of rotatable bonds is 7. The molecule has 0 amide bonds. The zero-order valence-electron chi connectivity index (χ0n) is 11.5. The molecule has 8 heteroatoms. The predicted molar refractivity (Wildman–Crippen MR) is 72.1 cm³/mol. The van der Waals surface area contributed by atoms with Gasteiger partial charge in [0.2, 0.25) is 10.0 Å². The highest BCUT2D eigenvalue weighted by molar-refractivity contribution is 7.89. The summed E-state index contributed by atoms with van der Waals surface area (Å²) in [6, 6.07) is 2.47. The van der Waals surface area contributed by atoms with Crippen molar-refractivity contribution in [1.82, 2.24) is 4.31 Å². The summed E-state index contributed by atoms with van der Waals surface area (Å²) in [5.74, 6) is -2.20. The quantitative estimate of drug-likeness (QED) is 0.820. The van der Waals surface area contributed by atoms with Crippen LogP contribution in [0.25, 0.3) is 0 Å². The van der Waals surface area contributed by atoms with Gasteiger partial charge in [-0.05, 0) is 31.0 Å². The van der Waals surface area contributed by atoms with E-state index >= 15 is 0 Å². The summed E-state index contributed by atoms with van der Waals surface area (Å²) in [5, 5.41) is 9.10. The zero-order chi connectivity index (χ0) is 15.6. The molecular formula is C13H16FNO5S. The number of aromatic carboxylic acids is 1. The molecule has 21 heavy (non-hydrogen) atoms. The van der Waals surface area contributed by atoms with Gasteiger partial charge in [-0.15, -0.1) is 0 Å². The maximum absolute atomic E-state index is 13.4. The Morgan fingerprint density at radius 2 is 2.14 bits per heavy atom. The molecule has 0 atom stereocenters. The lowest BCUT2D eigenvalue weighted by molar-refractivity contribution is 0.0692. The fourth-order valence-corrected chi connectivity index (χ4v) is 3.92. The van der Waals surface area contributed by atoms with Gasteiger partial charge in [-0.2, -0.15) is 4.31 Å². The van der Waals surface area contributed by atoms with E-state index in [-0.39, 0.29) is 19.2 Å². The number of sulfonamides is 1. The van der Waals surface area contributed by atoms with Crippen molar-refractivity contribution in [3.05, 3.63) is 29.6 Å². The van der Waals surface area contributed by atoms with Crippen molar-refractivity contribution in [2.75, 3.05) is 20.3 Å². The molecule has 0 bridgehead atoms. The molecule has 1 aromatic carbocycles. The number of halogens is 1. The van der Waals surface area contributed by atoms with Crippen molar-refractivity contribution >= 4 is 16.0 Å². The topological polar surface area (TPSA) is 83.9 Å². The number of carboxylic acids is 1. The summed E-state index contributed by atoms with van der Waals surface area (Å²) in [5.41, 5.74) is -0.431. The molecule has 1 aliphatic rings. The third kappa shape index (κ3) is 3.39. The van der Waals surface area contributed by atoms with Crippen LogP contribution in [0.1, 0.15) is 23.2 Å². The van der Waals surface area contributed by atoms with Gasteiger partial charge < -0.3 is 9.84 Å². The van der Waals surface area contributed by atoms with E-state index in [0.29, 0.717) is 12.8 Å². The highest BCUT2D eigenvalue weighted by Crippen LogP contribution is 2.33. The van der Waals surface area contributed by atoms with Crippen LogP contribution < -0.4 is 0 Å². The Labute approximate surface area is 122 Å². The number of hydrogen-bond acceptors (Lipinski definition) is 4. The molecule has 1 aliphatic carbocycles. The van der Waals surface area contributed by atoms with Crippen LogP contribution in [-0.4, -0.2) is 50.1 Å². The van der Waals surface area contributed by atoms with E-state index in [2.05, 4.69) is 0 Å². The van der Waals surface area contributed by atoms with Crippen molar-refractivity contribution in [2.24, 2.45) is 0 Å². The number of carbonyl (C=O) groups is 1. The van der Waals surface area contributed by atoms with Crippen molar-refractivity contribution in [3.63, 3.8) is 0 Å². The van der Waals surface area contributed by atoms with Crippen molar-refractivity contribution < 1.29 is 27.4 Å². The first-order valence-corrected chi connectivity index (χ1v) is 7.85. The fraction of sp³-hybridized carbons (Fsp3) is 0.462. The molecule has 2 rings (SSSR count).